The number of methoxy groups -OCH3 is 2. The molecule has 1 amide bonds. The van der Waals surface area contributed by atoms with E-state index in [1.165, 1.54) is 10.9 Å². The highest BCUT2D eigenvalue weighted by Gasteiger charge is 2.31. The van der Waals surface area contributed by atoms with Crippen LogP contribution in [0.15, 0.2) is 42.5 Å². The predicted octanol–water partition coefficient (Wildman–Crippen LogP) is 6.34. The molecule has 1 unspecified atom stereocenters. The van der Waals surface area contributed by atoms with E-state index in [1.54, 1.807) is 14.2 Å². The Morgan fingerprint density at radius 3 is 2.31 bits per heavy atom. The second-order valence-electron chi connectivity index (χ2n) is 9.56. The maximum Gasteiger partial charge on any atom is 0.410 e. The van der Waals surface area contributed by atoms with Crippen LogP contribution < -0.4 is 9.47 Å². The number of ether oxygens (including phenoxy) is 3. The van der Waals surface area contributed by atoms with Crippen LogP contribution in [-0.4, -0.2) is 43.4 Å². The number of benzene rings is 3. The van der Waals surface area contributed by atoms with Crippen LogP contribution >= 0.6 is 0 Å². The van der Waals surface area contributed by atoms with Crippen molar-refractivity contribution in [3.63, 3.8) is 0 Å². The average Bonchev–Trinajstić information content (AvgIpc) is 2.77. The Labute approximate surface area is 190 Å². The van der Waals surface area contributed by atoms with E-state index in [1.807, 2.05) is 37.8 Å². The van der Waals surface area contributed by atoms with Gasteiger partial charge in [0.25, 0.3) is 0 Å². The van der Waals surface area contributed by atoms with Crippen molar-refractivity contribution in [2.45, 2.75) is 58.1 Å². The summed E-state index contributed by atoms with van der Waals surface area (Å²) in [6.07, 6.45) is 3.71. The lowest BCUT2D eigenvalue weighted by atomic mass is 9.90. The number of nitrogens with zero attached hydrogens (tertiary/aromatic N) is 1. The van der Waals surface area contributed by atoms with Crippen LogP contribution in [0.4, 0.5) is 4.79 Å². The van der Waals surface area contributed by atoms with Crippen molar-refractivity contribution < 1.29 is 19.0 Å². The van der Waals surface area contributed by atoms with Gasteiger partial charge in [0.05, 0.1) is 14.2 Å². The second-order valence-corrected chi connectivity index (χ2v) is 9.56. The lowest BCUT2D eigenvalue weighted by Gasteiger charge is -2.37. The molecule has 3 aromatic rings. The van der Waals surface area contributed by atoms with Crippen LogP contribution in [0.2, 0.25) is 0 Å². The molecule has 5 heteroatoms. The first kappa shape index (κ1) is 22.3. The minimum absolute atomic E-state index is 0.125. The van der Waals surface area contributed by atoms with Crippen LogP contribution in [0, 0.1) is 0 Å². The Hall–Kier alpha value is -2.95. The molecule has 0 spiro atoms. The molecule has 32 heavy (non-hydrogen) atoms. The Bertz CT molecular complexity index is 1130. The maximum atomic E-state index is 12.9. The Morgan fingerprint density at radius 2 is 1.62 bits per heavy atom. The first-order chi connectivity index (χ1) is 15.3. The molecule has 4 rings (SSSR count). The monoisotopic (exact) mass is 435 g/mol. The Kier molecular flexibility index (Phi) is 6.18. The van der Waals surface area contributed by atoms with Crippen LogP contribution in [0.1, 0.15) is 45.6 Å². The van der Waals surface area contributed by atoms with Gasteiger partial charge in [-0.1, -0.05) is 18.2 Å². The zero-order chi connectivity index (χ0) is 22.9. The smallest absolute Gasteiger partial charge is 0.410 e. The van der Waals surface area contributed by atoms with Gasteiger partial charge < -0.3 is 19.1 Å². The molecule has 0 N–H and O–H groups in total. The van der Waals surface area contributed by atoms with Gasteiger partial charge in [-0.05, 0) is 97.8 Å². The molecule has 1 aliphatic heterocycles. The van der Waals surface area contributed by atoms with Crippen LogP contribution in [-0.2, 0) is 11.2 Å². The molecule has 0 saturated carbocycles. The standard InChI is InChI=1S/C27H33NO4/c1-27(2,3)32-26(29)28-13-7-6-8-20(28)15-19-14-18-9-10-21(30-4)16-24(18)25-17-22(31-5)11-12-23(19)25/h9-12,14,16-17,20H,6-8,13,15H2,1-5H3. The highest BCUT2D eigenvalue weighted by Crippen LogP contribution is 2.35. The van der Waals surface area contributed by atoms with Gasteiger partial charge in [0.2, 0.25) is 0 Å². The predicted molar refractivity (Wildman–Crippen MR) is 129 cm³/mol. The minimum atomic E-state index is -0.496. The first-order valence-electron chi connectivity index (χ1n) is 11.4. The minimum Gasteiger partial charge on any atom is -0.497 e. The van der Waals surface area contributed by atoms with Crippen molar-refractivity contribution in [1.29, 1.82) is 0 Å². The molecule has 0 aromatic heterocycles. The van der Waals surface area contributed by atoms with Crippen molar-refractivity contribution in [2.75, 3.05) is 20.8 Å². The summed E-state index contributed by atoms with van der Waals surface area (Å²) in [6.45, 7) is 6.50. The fourth-order valence-electron chi connectivity index (χ4n) is 4.64. The largest absolute Gasteiger partial charge is 0.497 e. The SMILES string of the molecule is COc1ccc2cc(CC3CCCCN3C(=O)OC(C)(C)C)c3ccc(OC)cc3c2c1. The highest BCUT2D eigenvalue weighted by molar-refractivity contribution is 6.10. The first-order valence-corrected chi connectivity index (χ1v) is 11.4. The van der Waals surface area contributed by atoms with Crippen LogP contribution in [0.25, 0.3) is 21.5 Å². The summed E-state index contributed by atoms with van der Waals surface area (Å²) in [4.78, 5) is 14.9. The molecule has 170 valence electrons. The Morgan fingerprint density at radius 1 is 0.938 bits per heavy atom. The molecule has 1 atom stereocenters. The average molecular weight is 436 g/mol. The van der Waals surface area contributed by atoms with Gasteiger partial charge in [0.15, 0.2) is 0 Å². The fraction of sp³-hybridized carbons (Fsp3) is 0.444. The van der Waals surface area contributed by atoms with Crippen molar-refractivity contribution in [3.05, 3.63) is 48.0 Å². The fourth-order valence-corrected chi connectivity index (χ4v) is 4.64. The molecular weight excluding hydrogens is 402 g/mol. The number of carbonyl (C=O) groups excluding carboxylic acids is 1. The van der Waals surface area contributed by atoms with E-state index in [2.05, 4.69) is 30.3 Å². The van der Waals surface area contributed by atoms with Gasteiger partial charge in [-0.2, -0.15) is 0 Å². The molecule has 3 aromatic carbocycles. The van der Waals surface area contributed by atoms with Crippen molar-refractivity contribution in [2.24, 2.45) is 0 Å². The van der Waals surface area contributed by atoms with Gasteiger partial charge in [0.1, 0.15) is 17.1 Å². The molecule has 0 bridgehead atoms. The lowest BCUT2D eigenvalue weighted by Crippen LogP contribution is -2.47. The summed E-state index contributed by atoms with van der Waals surface area (Å²) in [5.74, 6) is 1.66. The summed E-state index contributed by atoms with van der Waals surface area (Å²) in [5.41, 5.74) is 0.741. The third kappa shape index (κ3) is 4.62. The number of hydrogen-bond acceptors (Lipinski definition) is 4. The topological polar surface area (TPSA) is 48.0 Å². The summed E-state index contributed by atoms with van der Waals surface area (Å²) in [5, 5.41) is 4.60. The van der Waals surface area contributed by atoms with E-state index in [9.17, 15) is 4.79 Å². The molecule has 1 saturated heterocycles. The summed E-state index contributed by atoms with van der Waals surface area (Å²) >= 11 is 0. The Balaban J connectivity index is 1.76. The normalized spacial score (nSPS) is 16.9. The summed E-state index contributed by atoms with van der Waals surface area (Å²) < 4.78 is 16.7. The van der Waals surface area contributed by atoms with Gasteiger partial charge in [-0.15, -0.1) is 0 Å². The molecule has 0 aliphatic carbocycles. The number of rotatable bonds is 4. The van der Waals surface area contributed by atoms with Crippen molar-refractivity contribution in [3.8, 4) is 11.5 Å². The number of fused-ring (bicyclic) bond motifs is 3. The van der Waals surface area contributed by atoms with Gasteiger partial charge >= 0.3 is 6.09 Å². The number of carbonyl (C=O) groups is 1. The maximum absolute atomic E-state index is 12.9. The number of piperidine rings is 1. The third-order valence-corrected chi connectivity index (χ3v) is 6.16. The van der Waals surface area contributed by atoms with Gasteiger partial charge in [-0.3, -0.25) is 0 Å². The molecular formula is C27H33NO4. The number of amides is 1. The summed E-state index contributed by atoms with van der Waals surface area (Å²) in [7, 11) is 3.38. The molecule has 1 aliphatic rings. The second kappa shape index (κ2) is 8.89. The van der Waals surface area contributed by atoms with Gasteiger partial charge in [0, 0.05) is 12.6 Å². The molecule has 5 nitrogen and oxygen atoms in total. The van der Waals surface area contributed by atoms with Crippen LogP contribution in [0.3, 0.4) is 0 Å². The van der Waals surface area contributed by atoms with E-state index >= 15 is 0 Å². The van der Waals surface area contributed by atoms with E-state index < -0.39 is 5.60 Å². The zero-order valence-electron chi connectivity index (χ0n) is 19.7. The quantitative estimate of drug-likeness (QED) is 0.449. The highest BCUT2D eigenvalue weighted by atomic mass is 16.6. The van der Waals surface area contributed by atoms with Crippen LogP contribution in [0.5, 0.6) is 11.5 Å². The zero-order valence-corrected chi connectivity index (χ0v) is 19.7. The number of hydrogen-bond donors (Lipinski definition) is 0. The molecule has 1 fully saturated rings. The summed E-state index contributed by atoms with van der Waals surface area (Å²) in [6, 6.07) is 14.8. The lowest BCUT2D eigenvalue weighted by molar-refractivity contribution is 0.00998. The van der Waals surface area contributed by atoms with Gasteiger partial charge in [-0.25, -0.2) is 4.79 Å². The third-order valence-electron chi connectivity index (χ3n) is 6.16. The van der Waals surface area contributed by atoms with E-state index in [0.29, 0.717) is 0 Å². The number of likely N-dealkylation sites (tertiary alicyclic amines) is 1. The van der Waals surface area contributed by atoms with E-state index in [0.717, 1.165) is 59.9 Å². The van der Waals surface area contributed by atoms with Crippen molar-refractivity contribution in [1.82, 2.24) is 4.90 Å². The molecule has 1 heterocycles. The van der Waals surface area contributed by atoms with E-state index in [-0.39, 0.29) is 12.1 Å². The molecule has 0 radical (unpaired) electrons. The van der Waals surface area contributed by atoms with E-state index in [4.69, 9.17) is 14.2 Å². The van der Waals surface area contributed by atoms with Crippen molar-refractivity contribution >= 4 is 27.6 Å².